The number of hydrogen-bond donors (Lipinski definition) is 1. The van der Waals surface area contributed by atoms with Gasteiger partial charge >= 0.3 is 0 Å². The van der Waals surface area contributed by atoms with Gasteiger partial charge in [-0.2, -0.15) is 0 Å². The van der Waals surface area contributed by atoms with Gasteiger partial charge in [0.2, 0.25) is 0 Å². The molecular formula is C15H17Cl2NO. The van der Waals surface area contributed by atoms with Crippen molar-refractivity contribution in [2.24, 2.45) is 0 Å². The minimum Gasteiger partial charge on any atom is -0.469 e. The molecule has 0 aliphatic carbocycles. The van der Waals surface area contributed by atoms with Gasteiger partial charge in [-0.25, -0.2) is 0 Å². The summed E-state index contributed by atoms with van der Waals surface area (Å²) in [4.78, 5) is 0. The van der Waals surface area contributed by atoms with E-state index in [4.69, 9.17) is 27.6 Å². The molecule has 0 amide bonds. The molecule has 2 rings (SSSR count). The topological polar surface area (TPSA) is 25.2 Å². The molecule has 1 aromatic carbocycles. The molecule has 2 unspecified atom stereocenters. The summed E-state index contributed by atoms with van der Waals surface area (Å²) in [6.45, 7) is 4.20. The van der Waals surface area contributed by atoms with Crippen molar-refractivity contribution in [3.63, 3.8) is 0 Å². The van der Waals surface area contributed by atoms with Crippen LogP contribution in [0.3, 0.4) is 0 Å². The summed E-state index contributed by atoms with van der Waals surface area (Å²) in [5.74, 6) is 0.976. The van der Waals surface area contributed by atoms with Crippen molar-refractivity contribution >= 4 is 23.2 Å². The second-order valence-corrected chi connectivity index (χ2v) is 5.58. The molecule has 1 heterocycles. The molecular weight excluding hydrogens is 281 g/mol. The first-order chi connectivity index (χ1) is 9.06. The molecule has 0 bridgehead atoms. The Labute approximate surface area is 123 Å². The standard InChI is InChI=1S/C15H17Cl2NO/c1-10(8-13-4-3-7-19-13)18-11(2)14-9-12(16)5-6-15(14)17/h3-7,9-11,18H,8H2,1-2H3. The first-order valence-electron chi connectivity index (χ1n) is 6.29. The zero-order valence-electron chi connectivity index (χ0n) is 11.0. The summed E-state index contributed by atoms with van der Waals surface area (Å²) in [5.41, 5.74) is 1.01. The van der Waals surface area contributed by atoms with Crippen LogP contribution >= 0.6 is 23.2 Å². The van der Waals surface area contributed by atoms with Crippen molar-refractivity contribution in [1.82, 2.24) is 5.32 Å². The van der Waals surface area contributed by atoms with E-state index >= 15 is 0 Å². The van der Waals surface area contributed by atoms with Crippen LogP contribution in [-0.4, -0.2) is 6.04 Å². The largest absolute Gasteiger partial charge is 0.469 e. The SMILES string of the molecule is CC(Cc1ccco1)NC(C)c1cc(Cl)ccc1Cl. The summed E-state index contributed by atoms with van der Waals surface area (Å²) in [7, 11) is 0. The van der Waals surface area contributed by atoms with Crippen molar-refractivity contribution in [2.75, 3.05) is 0 Å². The molecule has 2 aromatic rings. The van der Waals surface area contributed by atoms with Crippen molar-refractivity contribution in [2.45, 2.75) is 32.4 Å². The van der Waals surface area contributed by atoms with E-state index in [1.54, 1.807) is 12.3 Å². The van der Waals surface area contributed by atoms with Crippen molar-refractivity contribution in [1.29, 1.82) is 0 Å². The second-order valence-electron chi connectivity index (χ2n) is 4.74. The minimum absolute atomic E-state index is 0.135. The van der Waals surface area contributed by atoms with E-state index in [1.165, 1.54) is 0 Å². The molecule has 0 radical (unpaired) electrons. The van der Waals surface area contributed by atoms with E-state index < -0.39 is 0 Å². The second kappa shape index (κ2) is 6.47. The van der Waals surface area contributed by atoms with Crippen molar-refractivity contribution in [3.8, 4) is 0 Å². The molecule has 0 aliphatic heterocycles. The predicted octanol–water partition coefficient (Wildman–Crippen LogP) is 4.87. The Kier molecular flexibility index (Phi) is 4.92. The van der Waals surface area contributed by atoms with Crippen LogP contribution in [0.5, 0.6) is 0 Å². The molecule has 102 valence electrons. The first kappa shape index (κ1) is 14.4. The molecule has 19 heavy (non-hydrogen) atoms. The zero-order valence-corrected chi connectivity index (χ0v) is 12.5. The third kappa shape index (κ3) is 4.00. The maximum Gasteiger partial charge on any atom is 0.105 e. The van der Waals surface area contributed by atoms with Crippen LogP contribution in [0.1, 0.15) is 31.2 Å². The molecule has 2 atom stereocenters. The summed E-state index contributed by atoms with van der Waals surface area (Å²) >= 11 is 12.2. The fraction of sp³-hybridized carbons (Fsp3) is 0.333. The maximum absolute atomic E-state index is 6.20. The monoisotopic (exact) mass is 297 g/mol. The summed E-state index contributed by atoms with van der Waals surface area (Å²) in [5, 5.41) is 4.93. The van der Waals surface area contributed by atoms with Crippen LogP contribution in [-0.2, 0) is 6.42 Å². The van der Waals surface area contributed by atoms with Gasteiger partial charge in [-0.3, -0.25) is 0 Å². The van der Waals surface area contributed by atoms with Gasteiger partial charge in [-0.15, -0.1) is 0 Å². The summed E-state index contributed by atoms with van der Waals surface area (Å²) in [6.07, 6.45) is 2.54. The van der Waals surface area contributed by atoms with E-state index in [-0.39, 0.29) is 12.1 Å². The van der Waals surface area contributed by atoms with Crippen molar-refractivity contribution < 1.29 is 4.42 Å². The van der Waals surface area contributed by atoms with Gasteiger partial charge in [0.15, 0.2) is 0 Å². The molecule has 2 nitrogen and oxygen atoms in total. The third-order valence-corrected chi connectivity index (χ3v) is 3.63. The molecule has 0 saturated heterocycles. The fourth-order valence-electron chi connectivity index (χ4n) is 2.15. The lowest BCUT2D eigenvalue weighted by molar-refractivity contribution is 0.429. The van der Waals surface area contributed by atoms with Crippen molar-refractivity contribution in [3.05, 3.63) is 58.0 Å². The van der Waals surface area contributed by atoms with Crippen LogP contribution in [0.15, 0.2) is 41.0 Å². The van der Waals surface area contributed by atoms with E-state index in [9.17, 15) is 0 Å². The molecule has 0 spiro atoms. The highest BCUT2D eigenvalue weighted by Crippen LogP contribution is 2.26. The van der Waals surface area contributed by atoms with Gasteiger partial charge < -0.3 is 9.73 Å². The van der Waals surface area contributed by atoms with Gasteiger partial charge in [0.25, 0.3) is 0 Å². The Morgan fingerprint density at radius 3 is 2.68 bits per heavy atom. The molecule has 0 saturated carbocycles. The Morgan fingerprint density at radius 1 is 1.21 bits per heavy atom. The number of benzene rings is 1. The molecule has 1 aromatic heterocycles. The lowest BCUT2D eigenvalue weighted by atomic mass is 10.1. The predicted molar refractivity (Wildman–Crippen MR) is 79.9 cm³/mol. The number of rotatable bonds is 5. The molecule has 0 fully saturated rings. The Morgan fingerprint density at radius 2 is 2.00 bits per heavy atom. The van der Waals surface area contributed by atoms with Crippen LogP contribution in [0.4, 0.5) is 0 Å². The summed E-state index contributed by atoms with van der Waals surface area (Å²) in [6, 6.07) is 9.84. The minimum atomic E-state index is 0.135. The Hall–Kier alpha value is -0.960. The van der Waals surface area contributed by atoms with Gasteiger partial charge in [0.05, 0.1) is 6.26 Å². The molecule has 0 aliphatic rings. The quantitative estimate of drug-likeness (QED) is 0.852. The van der Waals surface area contributed by atoms with E-state index in [2.05, 4.69) is 19.2 Å². The van der Waals surface area contributed by atoms with Gasteiger partial charge in [0.1, 0.15) is 5.76 Å². The van der Waals surface area contributed by atoms with Gasteiger partial charge in [0, 0.05) is 28.5 Å². The Balaban J connectivity index is 2.00. The number of furan rings is 1. The van der Waals surface area contributed by atoms with Gasteiger partial charge in [-0.05, 0) is 49.7 Å². The number of nitrogens with one attached hydrogen (secondary N) is 1. The molecule has 4 heteroatoms. The normalized spacial score (nSPS) is 14.3. The highest BCUT2D eigenvalue weighted by molar-refractivity contribution is 6.33. The van der Waals surface area contributed by atoms with Gasteiger partial charge in [-0.1, -0.05) is 23.2 Å². The summed E-state index contributed by atoms with van der Waals surface area (Å²) < 4.78 is 5.35. The Bertz CT molecular complexity index is 525. The number of halogens is 2. The van der Waals surface area contributed by atoms with Crippen LogP contribution < -0.4 is 5.32 Å². The fourth-order valence-corrected chi connectivity index (χ4v) is 2.61. The number of hydrogen-bond acceptors (Lipinski definition) is 2. The van der Waals surface area contributed by atoms with Crippen LogP contribution in [0.2, 0.25) is 10.0 Å². The van der Waals surface area contributed by atoms with E-state index in [0.29, 0.717) is 5.02 Å². The smallest absolute Gasteiger partial charge is 0.105 e. The van der Waals surface area contributed by atoms with E-state index in [1.807, 2.05) is 24.3 Å². The maximum atomic E-state index is 6.20. The third-order valence-electron chi connectivity index (χ3n) is 3.05. The van der Waals surface area contributed by atoms with E-state index in [0.717, 1.165) is 22.8 Å². The first-order valence-corrected chi connectivity index (χ1v) is 7.05. The van der Waals surface area contributed by atoms with Crippen LogP contribution in [0.25, 0.3) is 0 Å². The highest BCUT2D eigenvalue weighted by atomic mass is 35.5. The van der Waals surface area contributed by atoms with Crippen LogP contribution in [0, 0.1) is 0 Å². The average Bonchev–Trinajstić information content (AvgIpc) is 2.84. The lowest BCUT2D eigenvalue weighted by Crippen LogP contribution is -2.30. The lowest BCUT2D eigenvalue weighted by Gasteiger charge is -2.20. The molecule has 1 N–H and O–H groups in total. The highest BCUT2D eigenvalue weighted by Gasteiger charge is 2.14. The average molecular weight is 298 g/mol. The zero-order chi connectivity index (χ0) is 13.8.